The molecule has 2 aromatic carbocycles. The van der Waals surface area contributed by atoms with Crippen molar-refractivity contribution in [2.45, 2.75) is 52.2 Å². The molecule has 0 saturated carbocycles. The van der Waals surface area contributed by atoms with Gasteiger partial charge in [-0.25, -0.2) is 8.42 Å². The van der Waals surface area contributed by atoms with Crippen molar-refractivity contribution in [1.82, 2.24) is 10.2 Å². The van der Waals surface area contributed by atoms with Crippen molar-refractivity contribution < 1.29 is 32.2 Å². The van der Waals surface area contributed by atoms with Crippen molar-refractivity contribution in [3.63, 3.8) is 0 Å². The van der Waals surface area contributed by atoms with Crippen LogP contribution in [0.2, 0.25) is 0 Å². The summed E-state index contributed by atoms with van der Waals surface area (Å²) in [5, 5.41) is 2.86. The number of fused-ring (bicyclic) bond motifs is 1. The van der Waals surface area contributed by atoms with E-state index < -0.39 is 16.1 Å². The van der Waals surface area contributed by atoms with Crippen LogP contribution in [0, 0.1) is 0 Å². The second-order valence-corrected chi connectivity index (χ2v) is 11.1. The van der Waals surface area contributed by atoms with Crippen LogP contribution in [0.4, 0.5) is 5.69 Å². The van der Waals surface area contributed by atoms with Crippen LogP contribution < -0.4 is 23.8 Å². The van der Waals surface area contributed by atoms with Crippen LogP contribution in [-0.4, -0.2) is 63.9 Å². The number of nitrogens with one attached hydrogen (secondary N) is 1. The van der Waals surface area contributed by atoms with E-state index in [-0.39, 0.29) is 50.6 Å². The van der Waals surface area contributed by atoms with E-state index in [2.05, 4.69) is 5.32 Å². The van der Waals surface area contributed by atoms with Gasteiger partial charge >= 0.3 is 0 Å². The number of rotatable bonds is 12. The van der Waals surface area contributed by atoms with Crippen LogP contribution in [0.15, 0.2) is 42.5 Å². The van der Waals surface area contributed by atoms with Crippen LogP contribution in [0.5, 0.6) is 17.2 Å². The Hall–Kier alpha value is -3.47. The Morgan fingerprint density at radius 1 is 1.08 bits per heavy atom. The highest BCUT2D eigenvalue weighted by atomic mass is 32.2. The average Bonchev–Trinajstić information content (AvgIpc) is 3.31. The second kappa shape index (κ2) is 12.2. The van der Waals surface area contributed by atoms with Gasteiger partial charge < -0.3 is 24.4 Å². The van der Waals surface area contributed by atoms with Crippen molar-refractivity contribution in [2.75, 3.05) is 31.0 Å². The molecule has 0 bridgehead atoms. The van der Waals surface area contributed by atoms with Gasteiger partial charge in [-0.1, -0.05) is 12.1 Å². The summed E-state index contributed by atoms with van der Waals surface area (Å²) in [4.78, 5) is 27.6. The predicted octanol–water partition coefficient (Wildman–Crippen LogP) is 2.91. The third-order valence-electron chi connectivity index (χ3n) is 5.88. The monoisotopic (exact) mass is 533 g/mol. The summed E-state index contributed by atoms with van der Waals surface area (Å²) in [7, 11) is -2.06. The molecule has 11 heteroatoms. The number of methoxy groups -OCH3 is 1. The molecular weight excluding hydrogens is 498 g/mol. The molecule has 37 heavy (non-hydrogen) atoms. The summed E-state index contributed by atoms with van der Waals surface area (Å²) in [6.07, 6.45) is 1.43. The molecule has 0 aromatic heterocycles. The number of hydrogen-bond acceptors (Lipinski definition) is 7. The molecule has 0 radical (unpaired) electrons. The number of sulfonamides is 1. The van der Waals surface area contributed by atoms with Crippen molar-refractivity contribution in [3.8, 4) is 17.2 Å². The second-order valence-electron chi connectivity index (χ2n) is 9.19. The molecule has 202 valence electrons. The lowest BCUT2D eigenvalue weighted by Gasteiger charge is -2.30. The maximum atomic E-state index is 13.4. The Bertz CT molecular complexity index is 1220. The highest BCUT2D eigenvalue weighted by Crippen LogP contribution is 2.36. The van der Waals surface area contributed by atoms with E-state index in [1.807, 2.05) is 32.0 Å². The van der Waals surface area contributed by atoms with Gasteiger partial charge in [0.15, 0.2) is 11.5 Å². The van der Waals surface area contributed by atoms with Gasteiger partial charge in [0.2, 0.25) is 28.6 Å². The summed E-state index contributed by atoms with van der Waals surface area (Å²) >= 11 is 0. The van der Waals surface area contributed by atoms with E-state index in [9.17, 15) is 18.0 Å². The molecule has 0 fully saturated rings. The van der Waals surface area contributed by atoms with Crippen LogP contribution in [0.1, 0.15) is 39.2 Å². The van der Waals surface area contributed by atoms with E-state index >= 15 is 0 Å². The summed E-state index contributed by atoms with van der Waals surface area (Å²) in [5.74, 6) is 1.15. The molecule has 1 atom stereocenters. The smallest absolute Gasteiger partial charge is 0.242 e. The topological polar surface area (TPSA) is 114 Å². The van der Waals surface area contributed by atoms with E-state index in [0.717, 1.165) is 11.8 Å². The quantitative estimate of drug-likeness (QED) is 0.446. The zero-order valence-corrected chi connectivity index (χ0v) is 22.7. The van der Waals surface area contributed by atoms with Crippen LogP contribution in [0.25, 0.3) is 0 Å². The molecule has 1 N–H and O–H groups in total. The first-order valence-electron chi connectivity index (χ1n) is 12.1. The molecule has 0 spiro atoms. The Kier molecular flexibility index (Phi) is 9.25. The normalized spacial score (nSPS) is 13.2. The first kappa shape index (κ1) is 28.1. The van der Waals surface area contributed by atoms with Crippen molar-refractivity contribution in [3.05, 3.63) is 48.0 Å². The summed E-state index contributed by atoms with van der Waals surface area (Å²) < 4.78 is 42.3. The third kappa shape index (κ3) is 7.51. The highest BCUT2D eigenvalue weighted by molar-refractivity contribution is 7.92. The van der Waals surface area contributed by atoms with Crippen LogP contribution in [-0.2, 0) is 26.2 Å². The van der Waals surface area contributed by atoms with Crippen molar-refractivity contribution in [1.29, 1.82) is 0 Å². The number of amides is 2. The molecular formula is C26H35N3O7S. The van der Waals surface area contributed by atoms with Crippen LogP contribution in [0.3, 0.4) is 0 Å². The van der Waals surface area contributed by atoms with Gasteiger partial charge in [0.25, 0.3) is 0 Å². The van der Waals surface area contributed by atoms with E-state index in [1.54, 1.807) is 38.3 Å². The lowest BCUT2D eigenvalue weighted by atomic mass is 10.1. The fourth-order valence-corrected chi connectivity index (χ4v) is 4.96. The Labute approximate surface area is 218 Å². The third-order valence-corrected chi connectivity index (χ3v) is 7.08. The lowest BCUT2D eigenvalue weighted by molar-refractivity contribution is -0.140. The molecule has 0 saturated heterocycles. The molecule has 1 heterocycles. The molecule has 0 aliphatic carbocycles. The zero-order chi connectivity index (χ0) is 27.2. The summed E-state index contributed by atoms with van der Waals surface area (Å²) in [5.41, 5.74) is 1.24. The number of carbonyl (C=O) groups excluding carboxylic acids is 2. The average molecular weight is 534 g/mol. The van der Waals surface area contributed by atoms with Gasteiger partial charge in [-0.3, -0.25) is 13.9 Å². The fraction of sp³-hybridized carbons (Fsp3) is 0.462. The maximum Gasteiger partial charge on any atom is 0.242 e. The Balaban J connectivity index is 1.74. The minimum Gasteiger partial charge on any atom is -0.497 e. The minimum atomic E-state index is -3.62. The van der Waals surface area contributed by atoms with E-state index in [0.29, 0.717) is 22.9 Å². The fourth-order valence-electron chi connectivity index (χ4n) is 4.00. The van der Waals surface area contributed by atoms with Gasteiger partial charge in [0.1, 0.15) is 11.8 Å². The molecule has 2 aromatic rings. The molecule has 1 aliphatic heterocycles. The van der Waals surface area contributed by atoms with Gasteiger partial charge in [0, 0.05) is 31.6 Å². The SMILES string of the molecule is COc1cccc(CN(C(=O)CCCN(c2ccc3c(c2)OCO3)S(C)(=O)=O)[C@H](C)C(=O)NC(C)C)c1. The number of anilines is 1. The highest BCUT2D eigenvalue weighted by Gasteiger charge is 2.27. The number of benzene rings is 2. The summed E-state index contributed by atoms with van der Waals surface area (Å²) in [6.45, 7) is 5.77. The van der Waals surface area contributed by atoms with Gasteiger partial charge in [0.05, 0.1) is 19.1 Å². The number of hydrogen-bond donors (Lipinski definition) is 1. The minimum absolute atomic E-state index is 0.0554. The largest absolute Gasteiger partial charge is 0.497 e. The molecule has 3 rings (SSSR count). The first-order chi connectivity index (χ1) is 17.5. The summed E-state index contributed by atoms with van der Waals surface area (Å²) in [6, 6.07) is 11.4. The Morgan fingerprint density at radius 2 is 1.81 bits per heavy atom. The zero-order valence-electron chi connectivity index (χ0n) is 21.9. The van der Waals surface area contributed by atoms with Crippen LogP contribution >= 0.6 is 0 Å². The van der Waals surface area contributed by atoms with Crippen molar-refractivity contribution in [2.24, 2.45) is 0 Å². The van der Waals surface area contributed by atoms with Gasteiger partial charge in [-0.05, 0) is 57.0 Å². The number of nitrogens with zero attached hydrogens (tertiary/aromatic N) is 2. The van der Waals surface area contributed by atoms with Gasteiger partial charge in [-0.2, -0.15) is 0 Å². The maximum absolute atomic E-state index is 13.4. The first-order valence-corrected chi connectivity index (χ1v) is 13.9. The number of carbonyl (C=O) groups is 2. The molecule has 10 nitrogen and oxygen atoms in total. The Morgan fingerprint density at radius 3 is 2.49 bits per heavy atom. The number of ether oxygens (including phenoxy) is 3. The van der Waals surface area contributed by atoms with Crippen molar-refractivity contribution >= 4 is 27.5 Å². The van der Waals surface area contributed by atoms with Gasteiger partial charge in [-0.15, -0.1) is 0 Å². The van der Waals surface area contributed by atoms with E-state index in [1.165, 1.54) is 9.21 Å². The molecule has 0 unspecified atom stereocenters. The van der Waals surface area contributed by atoms with E-state index in [4.69, 9.17) is 14.2 Å². The standard InChI is InChI=1S/C26H35N3O7S/c1-18(2)27-26(31)19(3)28(16-20-8-6-9-22(14-20)34-4)25(30)10-7-13-29(37(5,32)33)21-11-12-23-24(15-21)36-17-35-23/h6,8-9,11-12,14-15,18-19H,7,10,13,16-17H2,1-5H3,(H,27,31)/t19-/m1/s1. The lowest BCUT2D eigenvalue weighted by Crippen LogP contribution is -2.49. The molecule has 1 aliphatic rings. The predicted molar refractivity (Wildman–Crippen MR) is 140 cm³/mol. The molecule has 2 amide bonds.